The van der Waals surface area contributed by atoms with E-state index in [0.29, 0.717) is 10.7 Å². The number of hydrogen-bond donors (Lipinski definition) is 2. The Morgan fingerprint density at radius 2 is 1.85 bits per heavy atom. The van der Waals surface area contributed by atoms with E-state index in [4.69, 9.17) is 18.6 Å². The molecular formula is C16H18N2OS. The number of benzene rings is 1. The van der Waals surface area contributed by atoms with Gasteiger partial charge >= 0.3 is 0 Å². The second kappa shape index (κ2) is 6.53. The monoisotopic (exact) mass is 286 g/mol. The largest absolute Gasteiger partial charge is 0.346 e. The van der Waals surface area contributed by atoms with Gasteiger partial charge in [-0.05, 0) is 37.2 Å². The van der Waals surface area contributed by atoms with E-state index in [1.54, 1.807) is 12.1 Å². The Hall–Kier alpha value is -1.86. The number of carbonyl (C=O) groups is 1. The van der Waals surface area contributed by atoms with E-state index in [9.17, 15) is 4.79 Å². The summed E-state index contributed by atoms with van der Waals surface area (Å²) in [7, 11) is 0. The lowest BCUT2D eigenvalue weighted by atomic mass is 9.82. The smallest absolute Gasteiger partial charge is 0.257 e. The summed E-state index contributed by atoms with van der Waals surface area (Å²) in [6.07, 6.45) is 10.8. The molecule has 0 aromatic heterocycles. The van der Waals surface area contributed by atoms with Crippen LogP contribution in [0, 0.1) is 12.3 Å². The third-order valence-corrected chi connectivity index (χ3v) is 3.80. The maximum absolute atomic E-state index is 12.0. The summed E-state index contributed by atoms with van der Waals surface area (Å²) in [6.45, 7) is 0. The predicted molar refractivity (Wildman–Crippen MR) is 84.3 cm³/mol. The Morgan fingerprint density at radius 3 is 2.45 bits per heavy atom. The van der Waals surface area contributed by atoms with Gasteiger partial charge in [-0.3, -0.25) is 10.1 Å². The SMILES string of the molecule is C#CC1(NC(=S)NC(=O)c2ccccc2)CCCCC1. The number of hydrogen-bond acceptors (Lipinski definition) is 2. The number of carbonyl (C=O) groups excluding carboxylic acids is 1. The standard InChI is InChI=1S/C16H18N2OS/c1-2-16(11-7-4-8-12-16)18-15(20)17-14(19)13-9-5-3-6-10-13/h1,3,5-6,9-10H,4,7-8,11-12H2,(H2,17,18,19,20). The Kier molecular flexibility index (Phi) is 4.75. The Bertz CT molecular complexity index is 527. The van der Waals surface area contributed by atoms with Crippen molar-refractivity contribution in [3.05, 3.63) is 35.9 Å². The molecule has 0 atom stereocenters. The van der Waals surface area contributed by atoms with Crippen LogP contribution in [-0.2, 0) is 0 Å². The second-order valence-corrected chi connectivity index (χ2v) is 5.47. The van der Waals surface area contributed by atoms with Crippen LogP contribution >= 0.6 is 12.2 Å². The topological polar surface area (TPSA) is 41.1 Å². The summed E-state index contributed by atoms with van der Waals surface area (Å²) in [4.78, 5) is 12.0. The lowest BCUT2D eigenvalue weighted by molar-refractivity contribution is 0.0976. The van der Waals surface area contributed by atoms with Gasteiger partial charge in [0.15, 0.2) is 5.11 Å². The Balaban J connectivity index is 1.95. The van der Waals surface area contributed by atoms with Crippen LogP contribution in [-0.4, -0.2) is 16.6 Å². The van der Waals surface area contributed by atoms with Gasteiger partial charge in [-0.2, -0.15) is 0 Å². The molecule has 1 fully saturated rings. The molecule has 104 valence electrons. The van der Waals surface area contributed by atoms with Crippen LogP contribution < -0.4 is 10.6 Å². The minimum absolute atomic E-state index is 0.217. The highest BCUT2D eigenvalue weighted by atomic mass is 32.1. The van der Waals surface area contributed by atoms with E-state index in [-0.39, 0.29) is 5.91 Å². The van der Waals surface area contributed by atoms with E-state index < -0.39 is 5.54 Å². The van der Waals surface area contributed by atoms with Crippen molar-refractivity contribution in [3.8, 4) is 12.3 Å². The zero-order chi connectivity index (χ0) is 14.4. The van der Waals surface area contributed by atoms with Gasteiger partial charge in [0, 0.05) is 5.56 Å². The van der Waals surface area contributed by atoms with Gasteiger partial charge in [0.1, 0.15) is 5.54 Å². The zero-order valence-electron chi connectivity index (χ0n) is 11.3. The molecule has 3 nitrogen and oxygen atoms in total. The highest BCUT2D eigenvalue weighted by molar-refractivity contribution is 7.80. The second-order valence-electron chi connectivity index (χ2n) is 5.06. The van der Waals surface area contributed by atoms with Crippen LogP contribution in [0.15, 0.2) is 30.3 Å². The van der Waals surface area contributed by atoms with E-state index in [0.717, 1.165) is 25.7 Å². The third-order valence-electron chi connectivity index (χ3n) is 3.60. The fraction of sp³-hybridized carbons (Fsp3) is 0.375. The quantitative estimate of drug-likeness (QED) is 0.648. The summed E-state index contributed by atoms with van der Waals surface area (Å²) in [5.74, 6) is 2.59. The van der Waals surface area contributed by atoms with Crippen molar-refractivity contribution in [2.75, 3.05) is 0 Å². The summed E-state index contributed by atoms with van der Waals surface area (Å²) in [6, 6.07) is 8.98. The molecule has 0 bridgehead atoms. The van der Waals surface area contributed by atoms with Gasteiger partial charge in [0.05, 0.1) is 0 Å². The van der Waals surface area contributed by atoms with Gasteiger partial charge in [-0.1, -0.05) is 43.4 Å². The van der Waals surface area contributed by atoms with Gasteiger partial charge in [0.2, 0.25) is 0 Å². The molecule has 0 aliphatic heterocycles. The van der Waals surface area contributed by atoms with Crippen LogP contribution in [0.3, 0.4) is 0 Å². The first-order valence-corrected chi connectivity index (χ1v) is 7.22. The highest BCUT2D eigenvalue weighted by Gasteiger charge is 2.30. The van der Waals surface area contributed by atoms with Crippen LogP contribution in [0.4, 0.5) is 0 Å². The number of rotatable bonds is 2. The van der Waals surface area contributed by atoms with Crippen molar-refractivity contribution >= 4 is 23.2 Å². The molecule has 1 aliphatic carbocycles. The molecule has 0 radical (unpaired) electrons. The van der Waals surface area contributed by atoms with E-state index in [1.807, 2.05) is 18.2 Å². The number of amides is 1. The fourth-order valence-corrected chi connectivity index (χ4v) is 2.76. The number of nitrogens with one attached hydrogen (secondary N) is 2. The van der Waals surface area contributed by atoms with Gasteiger partial charge < -0.3 is 5.32 Å². The van der Waals surface area contributed by atoms with E-state index in [1.165, 1.54) is 6.42 Å². The van der Waals surface area contributed by atoms with E-state index >= 15 is 0 Å². The molecule has 4 heteroatoms. The van der Waals surface area contributed by atoms with Crippen molar-refractivity contribution < 1.29 is 4.79 Å². The minimum atomic E-state index is -0.403. The molecule has 1 aromatic carbocycles. The fourth-order valence-electron chi connectivity index (χ4n) is 2.47. The lowest BCUT2D eigenvalue weighted by Crippen LogP contribution is -2.53. The zero-order valence-corrected chi connectivity index (χ0v) is 12.1. The molecule has 2 N–H and O–H groups in total. The minimum Gasteiger partial charge on any atom is -0.346 e. The predicted octanol–water partition coefficient (Wildman–Crippen LogP) is 2.63. The molecule has 0 unspecified atom stereocenters. The first kappa shape index (κ1) is 14.5. The van der Waals surface area contributed by atoms with Crippen LogP contribution in [0.5, 0.6) is 0 Å². The molecule has 0 saturated heterocycles. The molecule has 2 rings (SSSR count). The van der Waals surface area contributed by atoms with Crippen molar-refractivity contribution in [2.45, 2.75) is 37.6 Å². The molecule has 1 amide bonds. The average Bonchev–Trinajstić information content (AvgIpc) is 2.49. The van der Waals surface area contributed by atoms with Crippen LogP contribution in [0.25, 0.3) is 0 Å². The molecule has 20 heavy (non-hydrogen) atoms. The highest BCUT2D eigenvalue weighted by Crippen LogP contribution is 2.27. The normalized spacial score (nSPS) is 16.8. The van der Waals surface area contributed by atoms with Gasteiger partial charge in [0.25, 0.3) is 5.91 Å². The maximum Gasteiger partial charge on any atom is 0.257 e. The summed E-state index contributed by atoms with van der Waals surface area (Å²) >= 11 is 5.21. The first-order chi connectivity index (χ1) is 9.65. The van der Waals surface area contributed by atoms with Crippen molar-refractivity contribution in [2.24, 2.45) is 0 Å². The van der Waals surface area contributed by atoms with Gasteiger partial charge in [-0.15, -0.1) is 6.42 Å². The van der Waals surface area contributed by atoms with Crippen molar-refractivity contribution in [1.29, 1.82) is 0 Å². The van der Waals surface area contributed by atoms with Gasteiger partial charge in [-0.25, -0.2) is 0 Å². The number of thiocarbonyl (C=S) groups is 1. The van der Waals surface area contributed by atoms with Crippen molar-refractivity contribution in [1.82, 2.24) is 10.6 Å². The lowest BCUT2D eigenvalue weighted by Gasteiger charge is -2.34. The average molecular weight is 286 g/mol. The molecule has 1 aromatic rings. The number of terminal acetylenes is 1. The van der Waals surface area contributed by atoms with E-state index in [2.05, 4.69) is 16.6 Å². The summed E-state index contributed by atoms with van der Waals surface area (Å²) in [5, 5.41) is 6.14. The maximum atomic E-state index is 12.0. The summed E-state index contributed by atoms with van der Waals surface area (Å²) < 4.78 is 0. The van der Waals surface area contributed by atoms with Crippen LogP contribution in [0.1, 0.15) is 42.5 Å². The first-order valence-electron chi connectivity index (χ1n) is 6.81. The molecule has 0 heterocycles. The van der Waals surface area contributed by atoms with Crippen molar-refractivity contribution in [3.63, 3.8) is 0 Å². The Morgan fingerprint density at radius 1 is 1.20 bits per heavy atom. The molecule has 1 saturated carbocycles. The third kappa shape index (κ3) is 3.58. The Labute approximate surface area is 125 Å². The molecular weight excluding hydrogens is 268 g/mol. The summed E-state index contributed by atoms with van der Waals surface area (Å²) in [5.41, 5.74) is 0.175. The van der Waals surface area contributed by atoms with Crippen LogP contribution in [0.2, 0.25) is 0 Å². The molecule has 1 aliphatic rings. The molecule has 0 spiro atoms.